The van der Waals surface area contributed by atoms with Crippen molar-refractivity contribution in [1.29, 1.82) is 0 Å². The molecule has 0 saturated carbocycles. The van der Waals surface area contributed by atoms with Gasteiger partial charge in [0.1, 0.15) is 0 Å². The predicted octanol–water partition coefficient (Wildman–Crippen LogP) is 1.57. The van der Waals surface area contributed by atoms with Crippen molar-refractivity contribution in [3.63, 3.8) is 0 Å². The molecule has 1 heterocycles. The quantitative estimate of drug-likeness (QED) is 0.848. The Kier molecular flexibility index (Phi) is 7.66. The molecule has 1 fully saturated rings. The second-order valence-corrected chi connectivity index (χ2v) is 7.66. The minimum Gasteiger partial charge on any atom is -0.336 e. The first-order valence-corrected chi connectivity index (χ1v) is 9.47. The van der Waals surface area contributed by atoms with Crippen LogP contribution in [-0.4, -0.2) is 62.3 Å². The molecule has 1 aromatic rings. The zero-order chi connectivity index (χ0) is 17.0. The van der Waals surface area contributed by atoms with E-state index in [0.717, 1.165) is 6.54 Å². The molecule has 1 amide bonds. The molecule has 24 heavy (non-hydrogen) atoms. The van der Waals surface area contributed by atoms with Crippen molar-refractivity contribution in [1.82, 2.24) is 14.5 Å². The summed E-state index contributed by atoms with van der Waals surface area (Å²) in [5.41, 5.74) is 0.526. The first kappa shape index (κ1) is 20.9. The van der Waals surface area contributed by atoms with Gasteiger partial charge in [-0.1, -0.05) is 13.8 Å². The van der Waals surface area contributed by atoms with Gasteiger partial charge in [-0.25, -0.2) is 8.42 Å². The minimum absolute atomic E-state index is 0. The Morgan fingerprint density at radius 2 is 1.83 bits per heavy atom. The minimum atomic E-state index is -3.48. The van der Waals surface area contributed by atoms with E-state index in [2.05, 4.69) is 5.32 Å². The monoisotopic (exact) mass is 375 g/mol. The molecule has 136 valence electrons. The summed E-state index contributed by atoms with van der Waals surface area (Å²) in [6, 6.07) is 6.52. The van der Waals surface area contributed by atoms with E-state index >= 15 is 0 Å². The van der Waals surface area contributed by atoms with Gasteiger partial charge in [0.05, 0.1) is 4.90 Å². The molecule has 1 aliphatic rings. The smallest absolute Gasteiger partial charge is 0.253 e. The number of carbonyl (C=O) groups excluding carboxylic acids is 1. The van der Waals surface area contributed by atoms with Gasteiger partial charge < -0.3 is 10.2 Å². The molecular weight excluding hydrogens is 350 g/mol. The van der Waals surface area contributed by atoms with E-state index < -0.39 is 10.0 Å². The summed E-state index contributed by atoms with van der Waals surface area (Å²) in [7, 11) is -3.48. The fourth-order valence-corrected chi connectivity index (χ4v) is 4.24. The molecule has 1 atom stereocenters. The lowest BCUT2D eigenvalue weighted by molar-refractivity contribution is 0.0709. The van der Waals surface area contributed by atoms with Crippen LogP contribution in [0.5, 0.6) is 0 Å². The number of carbonyl (C=O) groups is 1. The number of halogens is 1. The fraction of sp³-hybridized carbons (Fsp3) is 0.562. The predicted molar refractivity (Wildman–Crippen MR) is 97.2 cm³/mol. The molecule has 6 nitrogen and oxygen atoms in total. The van der Waals surface area contributed by atoms with Crippen molar-refractivity contribution >= 4 is 28.3 Å². The van der Waals surface area contributed by atoms with Gasteiger partial charge in [-0.15, -0.1) is 12.4 Å². The number of nitrogens with one attached hydrogen (secondary N) is 1. The van der Waals surface area contributed by atoms with Gasteiger partial charge in [-0.2, -0.15) is 4.31 Å². The molecule has 1 aromatic carbocycles. The van der Waals surface area contributed by atoms with Gasteiger partial charge in [-0.05, 0) is 31.2 Å². The Morgan fingerprint density at radius 3 is 2.33 bits per heavy atom. The van der Waals surface area contributed by atoms with Crippen molar-refractivity contribution in [3.8, 4) is 0 Å². The fourth-order valence-electron chi connectivity index (χ4n) is 2.78. The van der Waals surface area contributed by atoms with Crippen LogP contribution in [0.3, 0.4) is 0 Å². The van der Waals surface area contributed by atoms with Crippen LogP contribution in [0.4, 0.5) is 0 Å². The standard InChI is InChI=1S/C16H25N3O3S.ClH/c1-4-19(5-2)23(21,22)15-8-6-14(7-9-15)16(20)18-11-10-17-13(3)12-18;/h6-9,13,17H,4-5,10-12H2,1-3H3;1H. The molecule has 0 radical (unpaired) electrons. The van der Waals surface area contributed by atoms with Gasteiger partial charge in [0.2, 0.25) is 10.0 Å². The first-order valence-electron chi connectivity index (χ1n) is 8.03. The molecule has 8 heteroatoms. The topological polar surface area (TPSA) is 69.7 Å². The number of hydrogen-bond acceptors (Lipinski definition) is 4. The van der Waals surface area contributed by atoms with Crippen LogP contribution in [0, 0.1) is 0 Å². The highest BCUT2D eigenvalue weighted by Gasteiger charge is 2.24. The Labute approximate surface area is 150 Å². The first-order chi connectivity index (χ1) is 10.9. The number of amides is 1. The highest BCUT2D eigenvalue weighted by Crippen LogP contribution is 2.17. The third kappa shape index (κ3) is 4.47. The molecule has 1 unspecified atom stereocenters. The largest absolute Gasteiger partial charge is 0.336 e. The number of sulfonamides is 1. The van der Waals surface area contributed by atoms with Crippen molar-refractivity contribution < 1.29 is 13.2 Å². The molecule has 0 aromatic heterocycles. The van der Waals surface area contributed by atoms with Gasteiger partial charge >= 0.3 is 0 Å². The lowest BCUT2D eigenvalue weighted by Crippen LogP contribution is -2.51. The van der Waals surface area contributed by atoms with Gasteiger partial charge in [0, 0.05) is 44.3 Å². The van der Waals surface area contributed by atoms with Crippen molar-refractivity contribution in [3.05, 3.63) is 29.8 Å². The summed E-state index contributed by atoms with van der Waals surface area (Å²) in [4.78, 5) is 14.5. The van der Waals surface area contributed by atoms with Crippen LogP contribution in [0.25, 0.3) is 0 Å². The highest BCUT2D eigenvalue weighted by molar-refractivity contribution is 7.89. The van der Waals surface area contributed by atoms with Crippen LogP contribution < -0.4 is 5.32 Å². The highest BCUT2D eigenvalue weighted by atomic mass is 35.5. The molecule has 1 N–H and O–H groups in total. The second kappa shape index (κ2) is 8.80. The maximum absolute atomic E-state index is 12.5. The Balaban J connectivity index is 0.00000288. The number of rotatable bonds is 5. The van der Waals surface area contributed by atoms with Crippen LogP contribution in [0.1, 0.15) is 31.1 Å². The lowest BCUT2D eigenvalue weighted by Gasteiger charge is -2.32. The van der Waals surface area contributed by atoms with E-state index in [1.807, 2.05) is 20.8 Å². The summed E-state index contributed by atoms with van der Waals surface area (Å²) < 4.78 is 26.3. The summed E-state index contributed by atoms with van der Waals surface area (Å²) in [6.07, 6.45) is 0. The molecule has 0 bridgehead atoms. The molecule has 1 aliphatic heterocycles. The van der Waals surface area contributed by atoms with Crippen LogP contribution >= 0.6 is 12.4 Å². The van der Waals surface area contributed by atoms with E-state index in [-0.39, 0.29) is 29.3 Å². The average molecular weight is 376 g/mol. The zero-order valence-electron chi connectivity index (χ0n) is 14.4. The summed E-state index contributed by atoms with van der Waals surface area (Å²) in [6.45, 7) is 8.63. The van der Waals surface area contributed by atoms with Gasteiger partial charge in [0.15, 0.2) is 0 Å². The summed E-state index contributed by atoms with van der Waals surface area (Å²) in [5, 5.41) is 3.29. The number of nitrogens with zero attached hydrogens (tertiary/aromatic N) is 2. The lowest BCUT2D eigenvalue weighted by atomic mass is 10.1. The summed E-state index contributed by atoms with van der Waals surface area (Å²) in [5.74, 6) is -0.0508. The number of hydrogen-bond donors (Lipinski definition) is 1. The molecule has 0 spiro atoms. The SMILES string of the molecule is CCN(CC)S(=O)(=O)c1ccc(C(=O)N2CCNC(C)C2)cc1.Cl. The van der Waals surface area contributed by atoms with Crippen molar-refractivity contribution in [2.75, 3.05) is 32.7 Å². The van der Waals surface area contributed by atoms with Crippen LogP contribution in [-0.2, 0) is 10.0 Å². The Bertz CT molecular complexity index is 645. The van der Waals surface area contributed by atoms with Crippen molar-refractivity contribution in [2.45, 2.75) is 31.7 Å². The van der Waals surface area contributed by atoms with Crippen LogP contribution in [0.15, 0.2) is 29.2 Å². The number of benzene rings is 1. The van der Waals surface area contributed by atoms with E-state index in [0.29, 0.717) is 31.7 Å². The second-order valence-electron chi connectivity index (χ2n) is 5.72. The normalized spacial score (nSPS) is 18.3. The molecule has 1 saturated heterocycles. The summed E-state index contributed by atoms with van der Waals surface area (Å²) >= 11 is 0. The van der Waals surface area contributed by atoms with E-state index in [1.165, 1.54) is 16.4 Å². The molecule has 2 rings (SSSR count). The van der Waals surface area contributed by atoms with Gasteiger partial charge in [-0.3, -0.25) is 4.79 Å². The zero-order valence-corrected chi connectivity index (χ0v) is 16.0. The van der Waals surface area contributed by atoms with Crippen LogP contribution in [0.2, 0.25) is 0 Å². The maximum Gasteiger partial charge on any atom is 0.253 e. The van der Waals surface area contributed by atoms with E-state index in [9.17, 15) is 13.2 Å². The Hall–Kier alpha value is -1.15. The third-order valence-electron chi connectivity index (χ3n) is 4.10. The maximum atomic E-state index is 12.5. The van der Waals surface area contributed by atoms with E-state index in [1.54, 1.807) is 17.0 Å². The molecule has 0 aliphatic carbocycles. The number of piperazine rings is 1. The average Bonchev–Trinajstić information content (AvgIpc) is 2.55. The van der Waals surface area contributed by atoms with Gasteiger partial charge in [0.25, 0.3) is 5.91 Å². The molecular formula is C16H26ClN3O3S. The third-order valence-corrected chi connectivity index (χ3v) is 6.16. The van der Waals surface area contributed by atoms with E-state index in [4.69, 9.17) is 0 Å². The Morgan fingerprint density at radius 1 is 1.25 bits per heavy atom. The van der Waals surface area contributed by atoms with Crippen molar-refractivity contribution in [2.24, 2.45) is 0 Å².